The lowest BCUT2D eigenvalue weighted by atomic mass is 9.99. The quantitative estimate of drug-likeness (QED) is 0.825. The second kappa shape index (κ2) is 5.03. The molecule has 1 aliphatic rings. The van der Waals surface area contributed by atoms with E-state index in [1.54, 1.807) is 0 Å². The first kappa shape index (κ1) is 11.0. The third kappa shape index (κ3) is 2.55. The van der Waals surface area contributed by atoms with Crippen molar-refractivity contribution in [2.75, 3.05) is 25.1 Å². The fourth-order valence-corrected chi connectivity index (χ4v) is 2.67. The van der Waals surface area contributed by atoms with Crippen molar-refractivity contribution in [1.82, 2.24) is 14.9 Å². The van der Waals surface area contributed by atoms with Gasteiger partial charge in [0.15, 0.2) is 0 Å². The molecule has 0 aromatic carbocycles. The van der Waals surface area contributed by atoms with E-state index in [1.165, 1.54) is 11.4 Å². The minimum atomic E-state index is 0.689. The Labute approximate surface area is 95.7 Å². The van der Waals surface area contributed by atoms with E-state index in [1.807, 2.05) is 24.3 Å². The summed E-state index contributed by atoms with van der Waals surface area (Å²) in [6, 6.07) is 0. The van der Waals surface area contributed by atoms with Gasteiger partial charge in [-0.15, -0.1) is 0 Å². The number of hydrogen-bond donors (Lipinski definition) is 1. The number of aromatic nitrogens is 2. The number of nitrogens with one attached hydrogen (secondary N) is 1. The van der Waals surface area contributed by atoms with E-state index in [0.717, 1.165) is 25.6 Å². The van der Waals surface area contributed by atoms with E-state index in [2.05, 4.69) is 28.0 Å². The van der Waals surface area contributed by atoms with Gasteiger partial charge in [0.1, 0.15) is 0 Å². The largest absolute Gasteiger partial charge is 0.334 e. The number of rotatable bonds is 5. The van der Waals surface area contributed by atoms with E-state index >= 15 is 0 Å². The van der Waals surface area contributed by atoms with Crippen molar-refractivity contribution in [1.29, 1.82) is 0 Å². The first-order valence-electron chi connectivity index (χ1n) is 5.51. The van der Waals surface area contributed by atoms with Gasteiger partial charge in [0, 0.05) is 37.4 Å². The SMILES string of the molecule is CSCC(C)Cn1cncc1C1CNC1. The number of hydrogen-bond acceptors (Lipinski definition) is 3. The summed E-state index contributed by atoms with van der Waals surface area (Å²) in [7, 11) is 0. The van der Waals surface area contributed by atoms with Crippen LogP contribution >= 0.6 is 11.8 Å². The molecule has 2 rings (SSSR count). The van der Waals surface area contributed by atoms with Crippen LogP contribution in [-0.4, -0.2) is 34.6 Å². The summed E-state index contributed by atoms with van der Waals surface area (Å²) < 4.78 is 2.33. The van der Waals surface area contributed by atoms with Crippen LogP contribution in [0.15, 0.2) is 12.5 Å². The predicted octanol–water partition coefficient (Wildman–Crippen LogP) is 1.57. The Balaban J connectivity index is 1.97. The first-order valence-corrected chi connectivity index (χ1v) is 6.90. The summed E-state index contributed by atoms with van der Waals surface area (Å²) in [6.45, 7) is 5.64. The highest BCUT2D eigenvalue weighted by Crippen LogP contribution is 2.20. The molecule has 1 aliphatic heterocycles. The Hall–Kier alpha value is -0.480. The molecule has 15 heavy (non-hydrogen) atoms. The van der Waals surface area contributed by atoms with E-state index in [9.17, 15) is 0 Å². The molecule has 84 valence electrons. The standard InChI is InChI=1S/C11H19N3S/c1-9(7-15-2)6-14-8-13-5-11(14)10-3-12-4-10/h5,8-10,12H,3-4,6-7H2,1-2H3. The summed E-state index contributed by atoms with van der Waals surface area (Å²) in [5.41, 5.74) is 1.40. The highest BCUT2D eigenvalue weighted by Gasteiger charge is 2.22. The Morgan fingerprint density at radius 2 is 2.47 bits per heavy atom. The van der Waals surface area contributed by atoms with Gasteiger partial charge in [0.2, 0.25) is 0 Å². The molecule has 1 atom stereocenters. The molecule has 0 spiro atoms. The highest BCUT2D eigenvalue weighted by atomic mass is 32.2. The molecular weight excluding hydrogens is 206 g/mol. The molecule has 1 unspecified atom stereocenters. The summed E-state index contributed by atoms with van der Waals surface area (Å²) in [5.74, 6) is 2.63. The highest BCUT2D eigenvalue weighted by molar-refractivity contribution is 7.98. The minimum Gasteiger partial charge on any atom is -0.334 e. The monoisotopic (exact) mass is 225 g/mol. The summed E-state index contributed by atoms with van der Waals surface area (Å²) in [4.78, 5) is 4.27. The molecule has 2 heterocycles. The van der Waals surface area contributed by atoms with Crippen LogP contribution < -0.4 is 5.32 Å². The molecule has 1 aromatic heterocycles. The van der Waals surface area contributed by atoms with Gasteiger partial charge in [-0.1, -0.05) is 6.92 Å². The van der Waals surface area contributed by atoms with Gasteiger partial charge in [-0.05, 0) is 17.9 Å². The maximum atomic E-state index is 4.27. The Morgan fingerprint density at radius 3 is 3.07 bits per heavy atom. The summed E-state index contributed by atoms with van der Waals surface area (Å²) in [5, 5.41) is 3.31. The van der Waals surface area contributed by atoms with Crippen LogP contribution in [0.2, 0.25) is 0 Å². The molecule has 0 radical (unpaired) electrons. The van der Waals surface area contributed by atoms with Crippen molar-refractivity contribution in [3.8, 4) is 0 Å². The molecule has 0 amide bonds. The molecule has 0 saturated carbocycles. The molecule has 0 bridgehead atoms. The minimum absolute atomic E-state index is 0.689. The van der Waals surface area contributed by atoms with E-state index in [-0.39, 0.29) is 0 Å². The van der Waals surface area contributed by atoms with Gasteiger partial charge in [0.05, 0.1) is 6.33 Å². The van der Waals surface area contributed by atoms with E-state index < -0.39 is 0 Å². The van der Waals surface area contributed by atoms with Crippen LogP contribution in [0, 0.1) is 5.92 Å². The normalized spacial score (nSPS) is 18.8. The second-order valence-electron chi connectivity index (χ2n) is 4.39. The van der Waals surface area contributed by atoms with Crippen molar-refractivity contribution >= 4 is 11.8 Å². The predicted molar refractivity (Wildman–Crippen MR) is 65.4 cm³/mol. The van der Waals surface area contributed by atoms with Crippen LogP contribution in [0.3, 0.4) is 0 Å². The number of imidazole rings is 1. The van der Waals surface area contributed by atoms with Gasteiger partial charge in [0.25, 0.3) is 0 Å². The van der Waals surface area contributed by atoms with E-state index in [0.29, 0.717) is 5.92 Å². The average Bonchev–Trinajstić information content (AvgIpc) is 2.51. The Bertz CT molecular complexity index is 307. The smallest absolute Gasteiger partial charge is 0.0948 e. The van der Waals surface area contributed by atoms with Crippen LogP contribution in [-0.2, 0) is 6.54 Å². The van der Waals surface area contributed by atoms with Crippen LogP contribution in [0.4, 0.5) is 0 Å². The zero-order chi connectivity index (χ0) is 10.7. The van der Waals surface area contributed by atoms with Crippen molar-refractivity contribution in [3.05, 3.63) is 18.2 Å². The Morgan fingerprint density at radius 1 is 1.67 bits per heavy atom. The molecule has 3 nitrogen and oxygen atoms in total. The van der Waals surface area contributed by atoms with Crippen LogP contribution in [0.25, 0.3) is 0 Å². The first-order chi connectivity index (χ1) is 7.31. The molecule has 1 N–H and O–H groups in total. The molecule has 1 fully saturated rings. The van der Waals surface area contributed by atoms with Crippen molar-refractivity contribution in [3.63, 3.8) is 0 Å². The average molecular weight is 225 g/mol. The van der Waals surface area contributed by atoms with Gasteiger partial charge in [-0.25, -0.2) is 4.98 Å². The van der Waals surface area contributed by atoms with E-state index in [4.69, 9.17) is 0 Å². The lowest BCUT2D eigenvalue weighted by molar-refractivity contribution is 0.411. The zero-order valence-corrected chi connectivity index (χ0v) is 10.3. The van der Waals surface area contributed by atoms with Gasteiger partial charge in [-0.2, -0.15) is 11.8 Å². The second-order valence-corrected chi connectivity index (χ2v) is 5.30. The van der Waals surface area contributed by atoms with Crippen molar-refractivity contribution in [2.24, 2.45) is 5.92 Å². The third-order valence-corrected chi connectivity index (χ3v) is 3.81. The maximum absolute atomic E-state index is 4.27. The summed E-state index contributed by atoms with van der Waals surface area (Å²) in [6.07, 6.45) is 6.17. The lowest BCUT2D eigenvalue weighted by Crippen LogP contribution is -2.41. The van der Waals surface area contributed by atoms with Crippen molar-refractivity contribution < 1.29 is 0 Å². The molecule has 0 aliphatic carbocycles. The summed E-state index contributed by atoms with van der Waals surface area (Å²) >= 11 is 1.92. The van der Waals surface area contributed by atoms with Crippen LogP contribution in [0.5, 0.6) is 0 Å². The Kier molecular flexibility index (Phi) is 3.70. The maximum Gasteiger partial charge on any atom is 0.0948 e. The number of nitrogens with zero attached hydrogens (tertiary/aromatic N) is 2. The molecule has 4 heteroatoms. The van der Waals surface area contributed by atoms with Crippen molar-refractivity contribution in [2.45, 2.75) is 19.4 Å². The topological polar surface area (TPSA) is 29.9 Å². The molecule has 1 saturated heterocycles. The van der Waals surface area contributed by atoms with Gasteiger partial charge < -0.3 is 9.88 Å². The lowest BCUT2D eigenvalue weighted by Gasteiger charge is -2.28. The molecular formula is C11H19N3S. The fraction of sp³-hybridized carbons (Fsp3) is 0.727. The fourth-order valence-electron chi connectivity index (χ4n) is 1.99. The van der Waals surface area contributed by atoms with Gasteiger partial charge in [-0.3, -0.25) is 0 Å². The third-order valence-electron chi connectivity index (χ3n) is 2.90. The number of thioether (sulfide) groups is 1. The van der Waals surface area contributed by atoms with Gasteiger partial charge >= 0.3 is 0 Å². The van der Waals surface area contributed by atoms with Crippen LogP contribution in [0.1, 0.15) is 18.5 Å². The zero-order valence-electron chi connectivity index (χ0n) is 9.44. The molecule has 1 aromatic rings.